The molecular formula is C22H29FN2O2. The maximum atomic E-state index is 12.8. The van der Waals surface area contributed by atoms with Crippen molar-refractivity contribution in [2.75, 3.05) is 5.32 Å². The van der Waals surface area contributed by atoms with Crippen LogP contribution in [0.1, 0.15) is 64.2 Å². The van der Waals surface area contributed by atoms with Gasteiger partial charge >= 0.3 is 0 Å². The molecule has 0 spiro atoms. The van der Waals surface area contributed by atoms with Crippen molar-refractivity contribution in [2.45, 2.75) is 64.2 Å². The average molecular weight is 372 g/mol. The Hall–Kier alpha value is -2.43. The minimum Gasteiger partial charge on any atom is -0.326 e. The van der Waals surface area contributed by atoms with E-state index in [2.05, 4.69) is 22.8 Å². The molecule has 4 nitrogen and oxygen atoms in total. The topological polar surface area (TPSA) is 58.2 Å². The number of unbranched alkanes of at least 4 members (excludes halogenated alkanes) is 5. The largest absolute Gasteiger partial charge is 0.326 e. The molecule has 0 saturated carbocycles. The van der Waals surface area contributed by atoms with Crippen LogP contribution in [0.3, 0.4) is 0 Å². The summed E-state index contributed by atoms with van der Waals surface area (Å²) < 4.78 is 12.8. The number of rotatable bonds is 11. The fourth-order valence-electron chi connectivity index (χ4n) is 2.96. The van der Waals surface area contributed by atoms with Crippen LogP contribution in [0.4, 0.5) is 10.1 Å². The second kappa shape index (κ2) is 12.0. The number of halogens is 1. The molecule has 0 aliphatic heterocycles. The first-order valence-electron chi connectivity index (χ1n) is 9.85. The van der Waals surface area contributed by atoms with Gasteiger partial charge in [-0.2, -0.15) is 0 Å². The maximum absolute atomic E-state index is 12.8. The molecule has 2 N–H and O–H groups in total. The summed E-state index contributed by atoms with van der Waals surface area (Å²) in [4.78, 5) is 23.7. The van der Waals surface area contributed by atoms with E-state index >= 15 is 0 Å². The van der Waals surface area contributed by atoms with Crippen molar-refractivity contribution in [2.24, 2.45) is 0 Å². The van der Waals surface area contributed by atoms with Crippen LogP contribution in [-0.2, 0) is 9.59 Å². The highest BCUT2D eigenvalue weighted by Gasteiger charge is 2.05. The van der Waals surface area contributed by atoms with Crippen molar-refractivity contribution in [3.05, 3.63) is 54.0 Å². The van der Waals surface area contributed by atoms with Gasteiger partial charge in [-0.05, 0) is 56.0 Å². The van der Waals surface area contributed by atoms with Crippen LogP contribution in [0.25, 0.3) is 0 Å². The Bertz CT molecular complexity index is 665. The second-order valence-electron chi connectivity index (χ2n) is 6.86. The van der Waals surface area contributed by atoms with Crippen LogP contribution in [0.2, 0.25) is 0 Å². The van der Waals surface area contributed by atoms with Crippen molar-refractivity contribution >= 4 is 17.5 Å². The molecule has 0 fully saturated rings. The fraction of sp³-hybridized carbons (Fsp3) is 0.455. The van der Waals surface area contributed by atoms with Gasteiger partial charge in [-0.25, -0.2) is 4.39 Å². The minimum atomic E-state index is -0.312. The number of amides is 2. The highest BCUT2D eigenvalue weighted by molar-refractivity contribution is 5.90. The van der Waals surface area contributed by atoms with E-state index < -0.39 is 0 Å². The van der Waals surface area contributed by atoms with Crippen molar-refractivity contribution in [3.8, 4) is 0 Å². The first-order chi connectivity index (χ1) is 13.1. The summed E-state index contributed by atoms with van der Waals surface area (Å²) in [5.41, 5.74) is 1.55. The smallest absolute Gasteiger partial charge is 0.224 e. The van der Waals surface area contributed by atoms with Crippen LogP contribution in [0, 0.1) is 5.82 Å². The fourth-order valence-corrected chi connectivity index (χ4v) is 2.96. The number of allylic oxidation sites excluding steroid dienone is 3. The molecule has 1 aromatic carbocycles. The van der Waals surface area contributed by atoms with Gasteiger partial charge in [0.15, 0.2) is 0 Å². The Kier molecular flexibility index (Phi) is 9.31. The van der Waals surface area contributed by atoms with Gasteiger partial charge < -0.3 is 10.6 Å². The predicted octanol–water partition coefficient (Wildman–Crippen LogP) is 5.24. The van der Waals surface area contributed by atoms with Crippen LogP contribution in [0.5, 0.6) is 0 Å². The molecule has 0 bridgehead atoms. The van der Waals surface area contributed by atoms with Crippen LogP contribution in [0.15, 0.2) is 48.2 Å². The lowest BCUT2D eigenvalue weighted by Crippen LogP contribution is -2.21. The van der Waals surface area contributed by atoms with E-state index in [1.165, 1.54) is 12.1 Å². The van der Waals surface area contributed by atoms with Crippen molar-refractivity contribution in [1.82, 2.24) is 5.32 Å². The average Bonchev–Trinajstić information content (AvgIpc) is 2.66. The summed E-state index contributed by atoms with van der Waals surface area (Å²) in [7, 11) is 0. The number of nitrogens with one attached hydrogen (secondary N) is 2. The van der Waals surface area contributed by atoms with E-state index in [4.69, 9.17) is 0 Å². The zero-order chi connectivity index (χ0) is 19.3. The molecule has 0 aromatic heterocycles. The van der Waals surface area contributed by atoms with Crippen LogP contribution < -0.4 is 10.6 Å². The molecule has 0 heterocycles. The molecule has 146 valence electrons. The lowest BCUT2D eigenvalue weighted by atomic mass is 10.1. The molecule has 0 saturated heterocycles. The summed E-state index contributed by atoms with van der Waals surface area (Å²) in [5, 5.41) is 5.70. The van der Waals surface area contributed by atoms with E-state index in [9.17, 15) is 14.0 Å². The van der Waals surface area contributed by atoms with E-state index in [1.807, 2.05) is 6.08 Å². The summed E-state index contributed by atoms with van der Waals surface area (Å²) in [6.07, 6.45) is 15.1. The number of carbonyl (C=O) groups is 2. The standard InChI is InChI=1S/C22H29FN2O2/c23-18-14-16-20(17-15-18)25-22(27)13-9-4-2-1-3-8-12-21(26)24-19-10-6-5-7-11-19/h6,10-11,14-17H,1-5,7-9,12-13H2,(H,24,26)(H,25,27). The third-order valence-corrected chi connectivity index (χ3v) is 4.46. The number of carbonyl (C=O) groups excluding carboxylic acids is 2. The van der Waals surface area contributed by atoms with Gasteiger partial charge in [0.2, 0.25) is 11.8 Å². The number of anilines is 1. The van der Waals surface area contributed by atoms with E-state index in [-0.39, 0.29) is 17.6 Å². The zero-order valence-electron chi connectivity index (χ0n) is 15.8. The molecule has 0 atom stereocenters. The van der Waals surface area contributed by atoms with Gasteiger partial charge in [0, 0.05) is 24.2 Å². The highest BCUT2D eigenvalue weighted by Crippen LogP contribution is 2.12. The molecular weight excluding hydrogens is 343 g/mol. The van der Waals surface area contributed by atoms with E-state index in [0.29, 0.717) is 18.5 Å². The van der Waals surface area contributed by atoms with Crippen molar-refractivity contribution < 1.29 is 14.0 Å². The van der Waals surface area contributed by atoms with E-state index in [0.717, 1.165) is 57.1 Å². The van der Waals surface area contributed by atoms with Crippen LogP contribution in [-0.4, -0.2) is 11.8 Å². The Balaban J connectivity index is 1.43. The Morgan fingerprint density at radius 3 is 2.00 bits per heavy atom. The highest BCUT2D eigenvalue weighted by atomic mass is 19.1. The molecule has 0 unspecified atom stereocenters. The molecule has 1 aliphatic carbocycles. The Labute approximate surface area is 160 Å². The summed E-state index contributed by atoms with van der Waals surface area (Å²) in [6.45, 7) is 0. The molecule has 1 aromatic rings. The zero-order valence-corrected chi connectivity index (χ0v) is 15.8. The van der Waals surface area contributed by atoms with Gasteiger partial charge in [-0.3, -0.25) is 9.59 Å². The SMILES string of the molecule is O=C(CCCCCCCCC(=O)Nc1ccc(F)cc1)NC1=CCCC=C1. The van der Waals surface area contributed by atoms with Gasteiger partial charge in [0.1, 0.15) is 5.82 Å². The lowest BCUT2D eigenvalue weighted by molar-refractivity contribution is -0.120. The lowest BCUT2D eigenvalue weighted by Gasteiger charge is -2.09. The molecule has 2 rings (SSSR count). The first kappa shape index (κ1) is 20.9. The van der Waals surface area contributed by atoms with E-state index in [1.54, 1.807) is 12.1 Å². The van der Waals surface area contributed by atoms with Gasteiger partial charge in [-0.15, -0.1) is 0 Å². The quantitative estimate of drug-likeness (QED) is 0.522. The molecule has 5 heteroatoms. The van der Waals surface area contributed by atoms with Gasteiger partial charge in [0.25, 0.3) is 0 Å². The third-order valence-electron chi connectivity index (χ3n) is 4.46. The predicted molar refractivity (Wildman–Crippen MR) is 107 cm³/mol. The van der Waals surface area contributed by atoms with Gasteiger partial charge in [0.05, 0.1) is 0 Å². The third kappa shape index (κ3) is 9.18. The normalized spacial score (nSPS) is 13.1. The molecule has 27 heavy (non-hydrogen) atoms. The number of hydrogen-bond acceptors (Lipinski definition) is 2. The number of hydrogen-bond donors (Lipinski definition) is 2. The summed E-state index contributed by atoms with van der Waals surface area (Å²) >= 11 is 0. The molecule has 1 aliphatic rings. The first-order valence-corrected chi connectivity index (χ1v) is 9.85. The van der Waals surface area contributed by atoms with Gasteiger partial charge in [-0.1, -0.05) is 37.8 Å². The van der Waals surface area contributed by atoms with Crippen molar-refractivity contribution in [3.63, 3.8) is 0 Å². The Morgan fingerprint density at radius 2 is 1.41 bits per heavy atom. The second-order valence-corrected chi connectivity index (χ2v) is 6.86. The van der Waals surface area contributed by atoms with Crippen LogP contribution >= 0.6 is 0 Å². The number of benzene rings is 1. The molecule has 2 amide bonds. The maximum Gasteiger partial charge on any atom is 0.224 e. The monoisotopic (exact) mass is 372 g/mol. The summed E-state index contributed by atoms with van der Waals surface area (Å²) in [6, 6.07) is 5.78. The minimum absolute atomic E-state index is 0.0376. The Morgan fingerprint density at radius 1 is 0.815 bits per heavy atom. The summed E-state index contributed by atoms with van der Waals surface area (Å²) in [5.74, 6) is -0.261. The molecule has 0 radical (unpaired) electrons. The van der Waals surface area contributed by atoms with Crippen molar-refractivity contribution in [1.29, 1.82) is 0 Å².